The number of rotatable bonds is 4. The highest BCUT2D eigenvalue weighted by molar-refractivity contribution is 7.99. The molecule has 2 unspecified atom stereocenters. The topological polar surface area (TPSA) is 120 Å². The second kappa shape index (κ2) is 5.80. The Morgan fingerprint density at radius 3 is 2.90 bits per heavy atom. The van der Waals surface area contributed by atoms with Crippen LogP contribution in [0.15, 0.2) is 12.5 Å². The molecule has 0 radical (unpaired) electrons. The van der Waals surface area contributed by atoms with Gasteiger partial charge in [-0.2, -0.15) is 11.8 Å². The Morgan fingerprint density at radius 1 is 1.33 bits per heavy atom. The maximum absolute atomic E-state index is 10.3. The van der Waals surface area contributed by atoms with Crippen LogP contribution in [0.2, 0.25) is 0 Å². The largest absolute Gasteiger partial charge is 0.389 e. The Kier molecular flexibility index (Phi) is 4.03. The predicted octanol–water partition coefficient (Wildman–Crippen LogP) is 0.0279. The van der Waals surface area contributed by atoms with E-state index in [0.717, 1.165) is 17.1 Å². The normalized spacial score (nSPS) is 29.3. The fourth-order valence-corrected chi connectivity index (χ4v) is 3.53. The van der Waals surface area contributed by atoms with Crippen molar-refractivity contribution in [3.63, 3.8) is 0 Å². The molecule has 1 aliphatic heterocycles. The number of thioether (sulfide) groups is 1. The Labute approximate surface area is 126 Å². The lowest BCUT2D eigenvalue weighted by molar-refractivity contribution is 0.0308. The van der Waals surface area contributed by atoms with Gasteiger partial charge >= 0.3 is 0 Å². The summed E-state index contributed by atoms with van der Waals surface area (Å²) in [6.45, 7) is 2.07. The number of aromatic amines is 1. The summed E-state index contributed by atoms with van der Waals surface area (Å²) < 4.78 is 0. The smallest absolute Gasteiger partial charge is 0.151 e. The molecule has 0 aromatic carbocycles. The van der Waals surface area contributed by atoms with Gasteiger partial charge in [-0.1, -0.05) is 6.92 Å². The number of nitrogen functional groups attached to an aromatic ring is 1. The average molecular weight is 309 g/mol. The summed E-state index contributed by atoms with van der Waals surface area (Å²) in [5, 5.41) is 23.8. The van der Waals surface area contributed by atoms with E-state index in [1.165, 1.54) is 6.33 Å². The van der Waals surface area contributed by atoms with E-state index >= 15 is 0 Å². The zero-order chi connectivity index (χ0) is 15.0. The number of aromatic nitrogens is 3. The molecule has 4 atom stereocenters. The molecule has 7 nitrogen and oxygen atoms in total. The van der Waals surface area contributed by atoms with E-state index in [9.17, 15) is 10.2 Å². The van der Waals surface area contributed by atoms with Gasteiger partial charge < -0.3 is 26.2 Å². The first-order valence-corrected chi connectivity index (χ1v) is 8.06. The number of fused-ring (bicyclic) bond motifs is 1. The number of aliphatic hydroxyl groups is 2. The number of H-pyrrole nitrogens is 1. The fraction of sp³-hybridized carbons (Fsp3) is 0.538. The van der Waals surface area contributed by atoms with Gasteiger partial charge in [0.15, 0.2) is 5.82 Å². The maximum atomic E-state index is 10.3. The van der Waals surface area contributed by atoms with Crippen molar-refractivity contribution in [2.24, 2.45) is 0 Å². The van der Waals surface area contributed by atoms with Crippen molar-refractivity contribution < 1.29 is 10.2 Å². The second-order valence-corrected chi connectivity index (χ2v) is 6.44. The van der Waals surface area contributed by atoms with Crippen molar-refractivity contribution in [2.75, 3.05) is 17.2 Å². The molecule has 2 aromatic heterocycles. The van der Waals surface area contributed by atoms with E-state index in [1.807, 2.05) is 0 Å². The highest BCUT2D eigenvalue weighted by Crippen LogP contribution is 2.33. The lowest BCUT2D eigenvalue weighted by Gasteiger charge is -2.14. The fourth-order valence-electron chi connectivity index (χ4n) is 2.74. The molecule has 1 fully saturated rings. The number of nitrogens with two attached hydrogens (primary N) is 1. The first-order valence-electron chi connectivity index (χ1n) is 6.90. The summed E-state index contributed by atoms with van der Waals surface area (Å²) >= 11 is 1.73. The Morgan fingerprint density at radius 2 is 2.14 bits per heavy atom. The van der Waals surface area contributed by atoms with Gasteiger partial charge in [-0.3, -0.25) is 0 Å². The van der Waals surface area contributed by atoms with Gasteiger partial charge in [0.05, 0.1) is 17.7 Å². The first-order chi connectivity index (χ1) is 10.1. The number of anilines is 1. The molecule has 8 heteroatoms. The number of aliphatic hydroxyl groups excluding tert-OH is 2. The Hall–Kier alpha value is -1.35. The molecule has 6 N–H and O–H groups in total. The number of nitrogens with zero attached hydrogens (tertiary/aromatic N) is 2. The van der Waals surface area contributed by atoms with Gasteiger partial charge in [-0.25, -0.2) is 9.97 Å². The highest BCUT2D eigenvalue weighted by Gasteiger charge is 2.42. The average Bonchev–Trinajstić information content (AvgIpc) is 3.02. The van der Waals surface area contributed by atoms with Crippen LogP contribution in [0.25, 0.3) is 11.0 Å². The van der Waals surface area contributed by atoms with E-state index in [0.29, 0.717) is 16.9 Å². The molecule has 3 heterocycles. The maximum Gasteiger partial charge on any atom is 0.151 e. The lowest BCUT2D eigenvalue weighted by Crippen LogP contribution is -2.35. The number of hydrogen-bond donors (Lipinski definition) is 5. The van der Waals surface area contributed by atoms with Crippen LogP contribution in [-0.2, 0) is 0 Å². The molecular formula is C13H19N5O2S. The van der Waals surface area contributed by atoms with Gasteiger partial charge in [0.1, 0.15) is 17.9 Å². The minimum absolute atomic E-state index is 0.140. The Balaban J connectivity index is 1.90. The molecule has 0 spiro atoms. The zero-order valence-corrected chi connectivity index (χ0v) is 12.5. The first kappa shape index (κ1) is 14.6. The summed E-state index contributed by atoms with van der Waals surface area (Å²) in [5.41, 5.74) is 7.94. The van der Waals surface area contributed by atoms with E-state index in [1.54, 1.807) is 18.0 Å². The lowest BCUT2D eigenvalue weighted by atomic mass is 10.0. The van der Waals surface area contributed by atoms with Crippen LogP contribution >= 0.6 is 11.8 Å². The van der Waals surface area contributed by atoms with Gasteiger partial charge in [-0.15, -0.1) is 0 Å². The van der Waals surface area contributed by atoms with Gasteiger partial charge in [0, 0.05) is 23.6 Å². The van der Waals surface area contributed by atoms with Crippen molar-refractivity contribution >= 4 is 28.6 Å². The Bertz CT molecular complexity index is 634. The molecule has 0 aliphatic carbocycles. The quantitative estimate of drug-likeness (QED) is 0.540. The van der Waals surface area contributed by atoms with E-state index in [-0.39, 0.29) is 12.1 Å². The van der Waals surface area contributed by atoms with Gasteiger partial charge in [-0.05, 0) is 5.75 Å². The molecule has 2 aromatic rings. The summed E-state index contributed by atoms with van der Waals surface area (Å²) in [6.07, 6.45) is 1.50. The molecule has 1 saturated heterocycles. The number of hydrogen-bond acceptors (Lipinski definition) is 7. The van der Waals surface area contributed by atoms with Crippen LogP contribution in [0.5, 0.6) is 0 Å². The van der Waals surface area contributed by atoms with Crippen LogP contribution in [0.4, 0.5) is 5.82 Å². The molecule has 3 rings (SSSR count). The molecule has 0 bridgehead atoms. The van der Waals surface area contributed by atoms with E-state index in [4.69, 9.17) is 5.73 Å². The second-order valence-electron chi connectivity index (χ2n) is 5.12. The van der Waals surface area contributed by atoms with Crippen LogP contribution in [0.1, 0.15) is 18.5 Å². The molecular weight excluding hydrogens is 290 g/mol. The monoisotopic (exact) mass is 309 g/mol. The molecule has 0 amide bonds. The summed E-state index contributed by atoms with van der Waals surface area (Å²) in [7, 11) is 0. The van der Waals surface area contributed by atoms with Crippen molar-refractivity contribution in [1.29, 1.82) is 0 Å². The highest BCUT2D eigenvalue weighted by atomic mass is 32.2. The summed E-state index contributed by atoms with van der Waals surface area (Å²) in [5.74, 6) is 2.10. The minimum atomic E-state index is -0.873. The van der Waals surface area contributed by atoms with E-state index in [2.05, 4.69) is 27.2 Å². The third-order valence-electron chi connectivity index (χ3n) is 3.86. The molecule has 1 aliphatic rings. The summed E-state index contributed by atoms with van der Waals surface area (Å²) in [4.78, 5) is 11.2. The van der Waals surface area contributed by atoms with Crippen molar-refractivity contribution in [3.8, 4) is 0 Å². The zero-order valence-electron chi connectivity index (χ0n) is 11.7. The SMILES string of the molecule is CCSC[C@H]1NC(c2c[nH]c3c(N)ncnc23)[C@@H](O)C1O. The van der Waals surface area contributed by atoms with E-state index < -0.39 is 12.2 Å². The third-order valence-corrected chi connectivity index (χ3v) is 4.86. The standard InChI is InChI=1S/C13H19N5O2S/c1-2-21-4-7-11(19)12(20)9(18-7)6-3-15-10-8(6)16-5-17-13(10)14/h3,5,7,9,11-12,15,18-20H,2,4H2,1H3,(H2,14,16,17)/t7-,9?,11?,12-/m1/s1. The van der Waals surface area contributed by atoms with Crippen molar-refractivity contribution in [2.45, 2.75) is 31.2 Å². The van der Waals surface area contributed by atoms with Crippen LogP contribution in [0.3, 0.4) is 0 Å². The molecule has 114 valence electrons. The predicted molar refractivity (Wildman–Crippen MR) is 83.0 cm³/mol. The van der Waals surface area contributed by atoms with Gasteiger partial charge in [0.2, 0.25) is 0 Å². The van der Waals surface area contributed by atoms with Crippen molar-refractivity contribution in [1.82, 2.24) is 20.3 Å². The van der Waals surface area contributed by atoms with Crippen molar-refractivity contribution in [3.05, 3.63) is 18.1 Å². The minimum Gasteiger partial charge on any atom is -0.389 e. The third kappa shape index (κ3) is 2.48. The molecule has 0 saturated carbocycles. The van der Waals surface area contributed by atoms with Crippen LogP contribution in [0, 0.1) is 0 Å². The van der Waals surface area contributed by atoms with Crippen LogP contribution < -0.4 is 11.1 Å². The van der Waals surface area contributed by atoms with Crippen LogP contribution in [-0.4, -0.2) is 54.9 Å². The number of nitrogens with one attached hydrogen (secondary N) is 2. The molecule has 21 heavy (non-hydrogen) atoms. The summed E-state index contributed by atoms with van der Waals surface area (Å²) in [6, 6.07) is -0.510. The van der Waals surface area contributed by atoms with Gasteiger partial charge in [0.25, 0.3) is 0 Å².